The fourth-order valence-electron chi connectivity index (χ4n) is 1.44. The first-order valence-electron chi connectivity index (χ1n) is 4.68. The molecule has 0 bridgehead atoms. The zero-order valence-corrected chi connectivity index (χ0v) is 9.16. The Morgan fingerprint density at radius 3 is 3.00 bits per heavy atom. The van der Waals surface area contributed by atoms with Crippen LogP contribution >= 0.6 is 11.6 Å². The van der Waals surface area contributed by atoms with Gasteiger partial charge in [0.1, 0.15) is 0 Å². The van der Waals surface area contributed by atoms with Crippen LogP contribution in [0.1, 0.15) is 0 Å². The molecule has 0 radical (unpaired) electrons. The predicted octanol–water partition coefficient (Wildman–Crippen LogP) is 3.01. The molecule has 2 aromatic rings. The van der Waals surface area contributed by atoms with Gasteiger partial charge in [-0.05, 0) is 18.2 Å². The van der Waals surface area contributed by atoms with Crippen molar-refractivity contribution in [1.82, 2.24) is 4.98 Å². The normalized spacial score (nSPS) is 10.1. The van der Waals surface area contributed by atoms with Crippen LogP contribution in [0.3, 0.4) is 0 Å². The SMILES string of the molecule is C=CC(=O)Nc1c(Cl)ccc2cnccc12. The average Bonchev–Trinajstić information content (AvgIpc) is 2.32. The van der Waals surface area contributed by atoms with E-state index in [1.54, 1.807) is 24.5 Å². The van der Waals surface area contributed by atoms with E-state index in [0.717, 1.165) is 10.8 Å². The summed E-state index contributed by atoms with van der Waals surface area (Å²) < 4.78 is 0. The van der Waals surface area contributed by atoms with Gasteiger partial charge in [0.05, 0.1) is 10.7 Å². The van der Waals surface area contributed by atoms with E-state index in [-0.39, 0.29) is 5.91 Å². The summed E-state index contributed by atoms with van der Waals surface area (Å²) in [5.74, 6) is -0.286. The number of halogens is 1. The Balaban J connectivity index is 2.61. The molecule has 1 amide bonds. The Labute approximate surface area is 97.8 Å². The molecule has 3 nitrogen and oxygen atoms in total. The van der Waals surface area contributed by atoms with E-state index in [0.29, 0.717) is 10.7 Å². The van der Waals surface area contributed by atoms with Gasteiger partial charge in [-0.15, -0.1) is 0 Å². The standard InChI is InChI=1S/C12H9ClN2O/c1-2-11(16)15-12-9-5-6-14-7-8(9)3-4-10(12)13/h2-7H,1H2,(H,15,16). The Morgan fingerprint density at radius 1 is 1.44 bits per heavy atom. The third kappa shape index (κ3) is 1.90. The molecule has 0 spiro atoms. The van der Waals surface area contributed by atoms with Gasteiger partial charge < -0.3 is 5.32 Å². The van der Waals surface area contributed by atoms with Crippen molar-refractivity contribution in [2.75, 3.05) is 5.32 Å². The van der Waals surface area contributed by atoms with Gasteiger partial charge in [0.25, 0.3) is 0 Å². The lowest BCUT2D eigenvalue weighted by Crippen LogP contribution is -2.08. The number of benzene rings is 1. The molecule has 1 aromatic heterocycles. The van der Waals surface area contributed by atoms with Gasteiger partial charge in [0.15, 0.2) is 0 Å². The van der Waals surface area contributed by atoms with Crippen molar-refractivity contribution in [2.45, 2.75) is 0 Å². The van der Waals surface area contributed by atoms with E-state index in [4.69, 9.17) is 11.6 Å². The maximum Gasteiger partial charge on any atom is 0.247 e. The van der Waals surface area contributed by atoms with E-state index in [9.17, 15) is 4.79 Å². The Kier molecular flexibility index (Phi) is 2.88. The van der Waals surface area contributed by atoms with Gasteiger partial charge in [0.2, 0.25) is 5.91 Å². The second kappa shape index (κ2) is 4.33. The third-order valence-corrected chi connectivity index (χ3v) is 2.52. The lowest BCUT2D eigenvalue weighted by Gasteiger charge is -2.08. The summed E-state index contributed by atoms with van der Waals surface area (Å²) in [5.41, 5.74) is 0.589. The van der Waals surface area contributed by atoms with Crippen molar-refractivity contribution >= 4 is 34.0 Å². The molecule has 0 aliphatic rings. The summed E-state index contributed by atoms with van der Waals surface area (Å²) in [6.07, 6.45) is 4.58. The van der Waals surface area contributed by atoms with Gasteiger partial charge >= 0.3 is 0 Å². The van der Waals surface area contributed by atoms with Crippen LogP contribution in [-0.2, 0) is 4.79 Å². The number of pyridine rings is 1. The van der Waals surface area contributed by atoms with Crippen molar-refractivity contribution in [3.63, 3.8) is 0 Å². The van der Waals surface area contributed by atoms with E-state index in [1.807, 2.05) is 6.07 Å². The number of rotatable bonds is 2. The minimum absolute atomic E-state index is 0.286. The lowest BCUT2D eigenvalue weighted by molar-refractivity contribution is -0.111. The first-order chi connectivity index (χ1) is 7.72. The highest BCUT2D eigenvalue weighted by Gasteiger charge is 2.07. The summed E-state index contributed by atoms with van der Waals surface area (Å²) in [5, 5.41) is 4.96. The highest BCUT2D eigenvalue weighted by atomic mass is 35.5. The highest BCUT2D eigenvalue weighted by Crippen LogP contribution is 2.30. The molecule has 0 saturated carbocycles. The molecule has 2 rings (SSSR count). The van der Waals surface area contributed by atoms with E-state index >= 15 is 0 Å². The van der Waals surface area contributed by atoms with Gasteiger partial charge in [-0.1, -0.05) is 24.2 Å². The van der Waals surface area contributed by atoms with E-state index in [1.165, 1.54) is 6.08 Å². The Bertz CT molecular complexity index is 566. The smallest absolute Gasteiger partial charge is 0.247 e. The quantitative estimate of drug-likeness (QED) is 0.809. The summed E-state index contributed by atoms with van der Waals surface area (Å²) >= 11 is 6.03. The summed E-state index contributed by atoms with van der Waals surface area (Å²) in [4.78, 5) is 15.3. The number of aromatic nitrogens is 1. The monoisotopic (exact) mass is 232 g/mol. The van der Waals surface area contributed by atoms with E-state index in [2.05, 4.69) is 16.9 Å². The zero-order valence-electron chi connectivity index (χ0n) is 8.40. The van der Waals surface area contributed by atoms with Gasteiger partial charge in [-0.2, -0.15) is 0 Å². The molecule has 16 heavy (non-hydrogen) atoms. The van der Waals surface area contributed by atoms with Crippen molar-refractivity contribution in [3.8, 4) is 0 Å². The number of carbonyl (C=O) groups excluding carboxylic acids is 1. The number of hydrogen-bond acceptors (Lipinski definition) is 2. The zero-order chi connectivity index (χ0) is 11.5. The van der Waals surface area contributed by atoms with Crippen LogP contribution in [0.2, 0.25) is 5.02 Å². The van der Waals surface area contributed by atoms with Crippen LogP contribution in [0, 0.1) is 0 Å². The number of nitrogens with zero attached hydrogens (tertiary/aromatic N) is 1. The topological polar surface area (TPSA) is 42.0 Å². The first kappa shape index (κ1) is 10.6. The first-order valence-corrected chi connectivity index (χ1v) is 5.06. The van der Waals surface area contributed by atoms with Crippen LogP contribution < -0.4 is 5.32 Å². The van der Waals surface area contributed by atoms with Crippen LogP contribution in [0.5, 0.6) is 0 Å². The van der Waals surface area contributed by atoms with Gasteiger partial charge in [-0.3, -0.25) is 9.78 Å². The molecular weight excluding hydrogens is 224 g/mol. The lowest BCUT2D eigenvalue weighted by atomic mass is 10.1. The number of carbonyl (C=O) groups is 1. The van der Waals surface area contributed by atoms with Crippen molar-refractivity contribution in [3.05, 3.63) is 48.3 Å². The number of fused-ring (bicyclic) bond motifs is 1. The summed E-state index contributed by atoms with van der Waals surface area (Å²) in [7, 11) is 0. The maximum atomic E-state index is 11.3. The van der Waals surface area contributed by atoms with Crippen LogP contribution in [0.4, 0.5) is 5.69 Å². The summed E-state index contributed by atoms with van der Waals surface area (Å²) in [6, 6.07) is 5.39. The fourth-order valence-corrected chi connectivity index (χ4v) is 1.66. The second-order valence-corrected chi connectivity index (χ2v) is 3.62. The van der Waals surface area contributed by atoms with Crippen molar-refractivity contribution < 1.29 is 4.79 Å². The molecule has 4 heteroatoms. The highest BCUT2D eigenvalue weighted by molar-refractivity contribution is 6.35. The average molecular weight is 233 g/mol. The maximum absolute atomic E-state index is 11.3. The molecule has 80 valence electrons. The summed E-state index contributed by atoms with van der Waals surface area (Å²) in [6.45, 7) is 3.40. The minimum atomic E-state index is -0.286. The molecule has 0 unspecified atom stereocenters. The minimum Gasteiger partial charge on any atom is -0.321 e. The van der Waals surface area contributed by atoms with E-state index < -0.39 is 0 Å². The van der Waals surface area contributed by atoms with Crippen molar-refractivity contribution in [1.29, 1.82) is 0 Å². The molecule has 1 N–H and O–H groups in total. The van der Waals surface area contributed by atoms with Crippen molar-refractivity contribution in [2.24, 2.45) is 0 Å². The van der Waals surface area contributed by atoms with Gasteiger partial charge in [0, 0.05) is 23.2 Å². The Hall–Kier alpha value is -1.87. The predicted molar refractivity (Wildman–Crippen MR) is 65.6 cm³/mol. The van der Waals surface area contributed by atoms with Crippen LogP contribution in [0.25, 0.3) is 10.8 Å². The molecule has 0 fully saturated rings. The number of anilines is 1. The largest absolute Gasteiger partial charge is 0.321 e. The molecule has 0 atom stereocenters. The molecule has 0 saturated heterocycles. The molecular formula is C12H9ClN2O. The van der Waals surface area contributed by atoms with Crippen LogP contribution in [0.15, 0.2) is 43.2 Å². The Morgan fingerprint density at radius 2 is 2.25 bits per heavy atom. The molecule has 0 aliphatic heterocycles. The molecule has 1 heterocycles. The number of nitrogens with one attached hydrogen (secondary N) is 1. The third-order valence-electron chi connectivity index (χ3n) is 2.20. The number of amides is 1. The molecule has 1 aromatic carbocycles. The second-order valence-electron chi connectivity index (χ2n) is 3.21. The van der Waals surface area contributed by atoms with Gasteiger partial charge in [-0.25, -0.2) is 0 Å². The fraction of sp³-hybridized carbons (Fsp3) is 0. The number of hydrogen-bond donors (Lipinski definition) is 1. The van der Waals surface area contributed by atoms with Crippen LogP contribution in [-0.4, -0.2) is 10.9 Å². The molecule has 0 aliphatic carbocycles.